The summed E-state index contributed by atoms with van der Waals surface area (Å²) in [4.78, 5) is 25.4. The second-order valence-corrected chi connectivity index (χ2v) is 9.25. The number of nitrogens with two attached hydrogens (primary N) is 1. The average molecular weight is 353 g/mol. The normalized spacial score (nSPS) is 12.0. The molecule has 130 valence electrons. The summed E-state index contributed by atoms with van der Waals surface area (Å²) in [6, 6.07) is 0. The fourth-order valence-electron chi connectivity index (χ4n) is 1.19. The first kappa shape index (κ1) is 21.4. The molecule has 0 radical (unpaired) electrons. The average Bonchev–Trinajstić information content (AvgIpc) is 2.28. The molecule has 0 spiro atoms. The lowest BCUT2D eigenvalue weighted by Gasteiger charge is -2.28. The van der Waals surface area contributed by atoms with E-state index in [2.05, 4.69) is 0 Å². The molecule has 0 rings (SSSR count). The van der Waals surface area contributed by atoms with E-state index in [-0.39, 0.29) is 6.54 Å². The maximum atomic E-state index is 12.2. The second-order valence-electron chi connectivity index (χ2n) is 6.54. The Balaban J connectivity index is 4.69. The Labute approximate surface area is 141 Å². The Kier molecular flexibility index (Phi) is 9.26. The fourth-order valence-corrected chi connectivity index (χ4v) is 2.99. The number of imide groups is 1. The summed E-state index contributed by atoms with van der Waals surface area (Å²) in [5, 5.41) is 0. The maximum Gasteiger partial charge on any atom is 0.419 e. The zero-order valence-corrected chi connectivity index (χ0v) is 15.9. The molecule has 0 atom stereocenters. The van der Waals surface area contributed by atoms with E-state index < -0.39 is 23.4 Å². The van der Waals surface area contributed by atoms with Crippen LogP contribution < -0.4 is 5.73 Å². The Hall–Kier alpha value is -0.600. The van der Waals surface area contributed by atoms with Gasteiger partial charge in [0.2, 0.25) is 0 Å². The Morgan fingerprint density at radius 3 is 1.68 bits per heavy atom. The summed E-state index contributed by atoms with van der Waals surface area (Å²) < 4.78 is 10.5. The van der Waals surface area contributed by atoms with Crippen LogP contribution in [-0.2, 0) is 9.47 Å². The number of carbonyl (C=O) groups excluding carboxylic acids is 2. The van der Waals surface area contributed by atoms with Crippen molar-refractivity contribution in [3.63, 3.8) is 0 Å². The van der Waals surface area contributed by atoms with Crippen LogP contribution in [0.1, 0.15) is 41.5 Å². The van der Waals surface area contributed by atoms with Gasteiger partial charge in [-0.05, 0) is 41.5 Å². The highest BCUT2D eigenvalue weighted by Gasteiger charge is 2.30. The number of ether oxygens (including phenoxy) is 2. The van der Waals surface area contributed by atoms with Gasteiger partial charge in [-0.3, -0.25) is 0 Å². The lowest BCUT2D eigenvalue weighted by molar-refractivity contribution is 0.00276. The molecule has 0 aromatic rings. The van der Waals surface area contributed by atoms with Crippen molar-refractivity contribution >= 4 is 33.8 Å². The van der Waals surface area contributed by atoms with Crippen molar-refractivity contribution in [1.29, 1.82) is 0 Å². The number of nitrogens with zero attached hydrogens (tertiary/aromatic N) is 1. The molecule has 6 nitrogen and oxygen atoms in total. The second kappa shape index (κ2) is 9.52. The summed E-state index contributed by atoms with van der Waals surface area (Å²) in [7, 11) is 3.16. The number of amides is 2. The predicted octanol–water partition coefficient (Wildman–Crippen LogP) is 3.50. The van der Waals surface area contributed by atoms with Crippen molar-refractivity contribution in [2.24, 2.45) is 5.73 Å². The SMILES string of the molecule is CC(C)(C)OC(=O)N(CCSSCCN)C(=O)OC(C)(C)C. The van der Waals surface area contributed by atoms with Gasteiger partial charge in [-0.25, -0.2) is 14.5 Å². The Morgan fingerprint density at radius 2 is 1.32 bits per heavy atom. The van der Waals surface area contributed by atoms with Crippen LogP contribution in [0.25, 0.3) is 0 Å². The smallest absolute Gasteiger partial charge is 0.419 e. The minimum Gasteiger partial charge on any atom is -0.443 e. The van der Waals surface area contributed by atoms with Crippen LogP contribution >= 0.6 is 21.6 Å². The third kappa shape index (κ3) is 11.0. The van der Waals surface area contributed by atoms with Crippen molar-refractivity contribution < 1.29 is 19.1 Å². The summed E-state index contributed by atoms with van der Waals surface area (Å²) in [6.07, 6.45) is -1.38. The predicted molar refractivity (Wildman–Crippen MR) is 93.1 cm³/mol. The molecular formula is C14H28N2O4S2. The molecule has 0 bridgehead atoms. The van der Waals surface area contributed by atoms with Crippen LogP contribution in [0.4, 0.5) is 9.59 Å². The van der Waals surface area contributed by atoms with Crippen LogP contribution in [0, 0.1) is 0 Å². The molecule has 0 aromatic heterocycles. The van der Waals surface area contributed by atoms with E-state index in [9.17, 15) is 9.59 Å². The maximum absolute atomic E-state index is 12.2. The minimum absolute atomic E-state index is 0.228. The summed E-state index contributed by atoms with van der Waals surface area (Å²) in [6.45, 7) is 11.3. The number of hydrogen-bond donors (Lipinski definition) is 1. The summed E-state index contributed by atoms with van der Waals surface area (Å²) >= 11 is 0. The molecule has 2 amide bonds. The van der Waals surface area contributed by atoms with Crippen LogP contribution in [0.2, 0.25) is 0 Å². The largest absolute Gasteiger partial charge is 0.443 e. The van der Waals surface area contributed by atoms with Crippen molar-refractivity contribution in [3.8, 4) is 0 Å². The lowest BCUT2D eigenvalue weighted by Crippen LogP contribution is -2.44. The van der Waals surface area contributed by atoms with Gasteiger partial charge in [0, 0.05) is 24.6 Å². The molecule has 0 fully saturated rings. The third-order valence-electron chi connectivity index (χ3n) is 1.91. The Bertz CT molecular complexity index is 337. The van der Waals surface area contributed by atoms with E-state index >= 15 is 0 Å². The first-order chi connectivity index (χ1) is 9.96. The lowest BCUT2D eigenvalue weighted by atomic mass is 10.2. The molecule has 0 saturated carbocycles. The van der Waals surface area contributed by atoms with E-state index in [1.165, 1.54) is 0 Å². The molecule has 2 N–H and O–H groups in total. The van der Waals surface area contributed by atoms with Gasteiger partial charge in [0.25, 0.3) is 0 Å². The molecule has 0 aliphatic rings. The Morgan fingerprint density at radius 1 is 0.909 bits per heavy atom. The topological polar surface area (TPSA) is 81.9 Å². The van der Waals surface area contributed by atoms with Crippen LogP contribution in [0.15, 0.2) is 0 Å². The minimum atomic E-state index is -0.689. The van der Waals surface area contributed by atoms with Crippen molar-refractivity contribution in [3.05, 3.63) is 0 Å². The molecule has 0 aliphatic carbocycles. The molecule has 0 saturated heterocycles. The monoisotopic (exact) mass is 352 g/mol. The van der Waals surface area contributed by atoms with Gasteiger partial charge in [0.1, 0.15) is 11.2 Å². The van der Waals surface area contributed by atoms with Crippen molar-refractivity contribution in [2.75, 3.05) is 24.6 Å². The molecule has 0 unspecified atom stereocenters. The molecule has 0 aliphatic heterocycles. The van der Waals surface area contributed by atoms with Crippen molar-refractivity contribution in [1.82, 2.24) is 4.90 Å². The van der Waals surface area contributed by atoms with Crippen LogP contribution in [0.5, 0.6) is 0 Å². The highest BCUT2D eigenvalue weighted by Crippen LogP contribution is 2.21. The molecular weight excluding hydrogens is 324 g/mol. The zero-order valence-electron chi connectivity index (χ0n) is 14.3. The fraction of sp³-hybridized carbons (Fsp3) is 0.857. The molecule has 0 heterocycles. The quantitative estimate of drug-likeness (QED) is 0.578. The third-order valence-corrected chi connectivity index (χ3v) is 4.33. The number of carbonyl (C=O) groups is 2. The standard InChI is InChI=1S/C14H28N2O4S2/c1-13(2,3)19-11(17)16(8-10-22-21-9-7-15)12(18)20-14(4,5)6/h7-10,15H2,1-6H3. The van der Waals surface area contributed by atoms with Gasteiger partial charge in [-0.1, -0.05) is 21.6 Å². The zero-order chi connectivity index (χ0) is 17.4. The first-order valence-corrected chi connectivity index (χ1v) is 9.63. The van der Waals surface area contributed by atoms with Gasteiger partial charge >= 0.3 is 12.2 Å². The number of hydrogen-bond acceptors (Lipinski definition) is 7. The van der Waals surface area contributed by atoms with Gasteiger partial charge in [0.15, 0.2) is 0 Å². The van der Waals surface area contributed by atoms with Gasteiger partial charge in [-0.15, -0.1) is 0 Å². The van der Waals surface area contributed by atoms with E-state index in [0.29, 0.717) is 12.3 Å². The first-order valence-electron chi connectivity index (χ1n) is 7.14. The number of rotatable bonds is 6. The summed E-state index contributed by atoms with van der Waals surface area (Å²) in [5.41, 5.74) is 4.08. The van der Waals surface area contributed by atoms with Gasteiger partial charge < -0.3 is 15.2 Å². The highest BCUT2D eigenvalue weighted by atomic mass is 33.1. The van der Waals surface area contributed by atoms with E-state index in [1.807, 2.05) is 0 Å². The molecule has 0 aromatic carbocycles. The van der Waals surface area contributed by atoms with Crippen LogP contribution in [0.3, 0.4) is 0 Å². The molecule has 22 heavy (non-hydrogen) atoms. The van der Waals surface area contributed by atoms with Crippen molar-refractivity contribution in [2.45, 2.75) is 52.7 Å². The molecule has 8 heteroatoms. The highest BCUT2D eigenvalue weighted by molar-refractivity contribution is 8.76. The van der Waals surface area contributed by atoms with E-state index in [1.54, 1.807) is 63.1 Å². The van der Waals surface area contributed by atoms with Gasteiger partial charge in [0.05, 0.1) is 0 Å². The van der Waals surface area contributed by atoms with E-state index in [4.69, 9.17) is 15.2 Å². The van der Waals surface area contributed by atoms with Crippen LogP contribution in [-0.4, -0.2) is 52.9 Å². The summed E-state index contributed by atoms with van der Waals surface area (Å²) in [5.74, 6) is 1.41. The van der Waals surface area contributed by atoms with Gasteiger partial charge in [-0.2, -0.15) is 0 Å². The van der Waals surface area contributed by atoms with E-state index in [0.717, 1.165) is 10.7 Å².